The van der Waals surface area contributed by atoms with E-state index in [2.05, 4.69) is 40.1 Å². The second-order valence-electron chi connectivity index (χ2n) is 9.29. The number of sulfone groups is 1. The molecule has 3 atom stereocenters. The Labute approximate surface area is 190 Å². The zero-order valence-electron chi connectivity index (χ0n) is 19.2. The van der Waals surface area contributed by atoms with Crippen LogP contribution in [0.2, 0.25) is 0 Å². The standard InChI is InChI=1S/C23H32N4O4S/c1-15-5-6-20-19(11-15)23(22(28)26-20)7-9-27(10-8-23)16(2)14-31-18-12-24-21(25-13-18)17(3)32(4,29)30/h5-6,11-12,16-18H,7-10,13-14H2,1-4H3,(H,26,28). The first-order chi connectivity index (χ1) is 15.1. The van der Waals surface area contributed by atoms with E-state index in [1.165, 1.54) is 11.8 Å². The summed E-state index contributed by atoms with van der Waals surface area (Å²) >= 11 is 0. The summed E-state index contributed by atoms with van der Waals surface area (Å²) in [5, 5.41) is 2.36. The van der Waals surface area contributed by atoms with Crippen molar-refractivity contribution in [3.05, 3.63) is 29.3 Å². The fraction of sp³-hybridized carbons (Fsp3) is 0.609. The van der Waals surface area contributed by atoms with E-state index in [1.54, 1.807) is 13.1 Å². The molecule has 1 fully saturated rings. The molecule has 1 N–H and O–H groups in total. The summed E-state index contributed by atoms with van der Waals surface area (Å²) < 4.78 is 29.4. The first kappa shape index (κ1) is 23.1. The number of amides is 1. The van der Waals surface area contributed by atoms with Gasteiger partial charge in [-0.2, -0.15) is 0 Å². The summed E-state index contributed by atoms with van der Waals surface area (Å²) in [7, 11) is -3.22. The SMILES string of the molecule is Cc1ccc2c(c1)C1(CCN(C(C)COC3C=NC(C(C)S(C)(=O)=O)=NC3)CC1)C(=O)N2. The van der Waals surface area contributed by atoms with Crippen LogP contribution in [-0.4, -0.2) is 81.2 Å². The van der Waals surface area contributed by atoms with E-state index in [9.17, 15) is 13.2 Å². The maximum atomic E-state index is 12.8. The Bertz CT molecular complexity index is 1060. The van der Waals surface area contributed by atoms with Gasteiger partial charge in [-0.05, 0) is 58.3 Å². The van der Waals surface area contributed by atoms with Crippen molar-refractivity contribution in [1.29, 1.82) is 0 Å². The smallest absolute Gasteiger partial charge is 0.235 e. The van der Waals surface area contributed by atoms with E-state index >= 15 is 0 Å². The first-order valence-corrected chi connectivity index (χ1v) is 13.1. The molecule has 1 aromatic carbocycles. The van der Waals surface area contributed by atoms with E-state index in [4.69, 9.17) is 4.74 Å². The molecular weight excluding hydrogens is 428 g/mol. The van der Waals surface area contributed by atoms with Crippen LogP contribution in [0.5, 0.6) is 0 Å². The number of nitrogens with zero attached hydrogens (tertiary/aromatic N) is 3. The summed E-state index contributed by atoms with van der Waals surface area (Å²) in [6, 6.07) is 6.39. The average molecular weight is 461 g/mol. The monoisotopic (exact) mass is 460 g/mol. The quantitative estimate of drug-likeness (QED) is 0.700. The molecule has 0 radical (unpaired) electrons. The highest BCUT2D eigenvalue weighted by Crippen LogP contribution is 2.45. The fourth-order valence-corrected chi connectivity index (χ4v) is 5.21. The Morgan fingerprint density at radius 1 is 1.28 bits per heavy atom. The molecule has 1 spiro atoms. The highest BCUT2D eigenvalue weighted by Gasteiger charge is 2.48. The molecule has 174 valence electrons. The summed E-state index contributed by atoms with van der Waals surface area (Å²) in [6.07, 6.45) is 4.18. The number of likely N-dealkylation sites (tertiary alicyclic amines) is 1. The number of amidine groups is 1. The number of hydrogen-bond donors (Lipinski definition) is 1. The number of carbonyl (C=O) groups excluding carboxylic acids is 1. The lowest BCUT2D eigenvalue weighted by molar-refractivity contribution is -0.122. The number of ether oxygens (including phenoxy) is 1. The lowest BCUT2D eigenvalue weighted by atomic mass is 9.73. The molecule has 4 rings (SSSR count). The molecule has 1 saturated heterocycles. The molecule has 1 amide bonds. The predicted octanol–water partition coefficient (Wildman–Crippen LogP) is 1.97. The molecule has 3 heterocycles. The van der Waals surface area contributed by atoms with Crippen molar-refractivity contribution in [3.63, 3.8) is 0 Å². The molecule has 3 unspecified atom stereocenters. The number of aliphatic imine (C=N–C) groups is 2. The van der Waals surface area contributed by atoms with Gasteiger partial charge < -0.3 is 10.1 Å². The number of benzene rings is 1. The molecular formula is C23H32N4O4S. The van der Waals surface area contributed by atoms with Gasteiger partial charge in [0.05, 0.1) is 18.6 Å². The third-order valence-electron chi connectivity index (χ3n) is 7.01. The van der Waals surface area contributed by atoms with E-state index in [-0.39, 0.29) is 18.1 Å². The molecule has 0 saturated carbocycles. The zero-order chi connectivity index (χ0) is 23.1. The minimum Gasteiger partial charge on any atom is -0.369 e. The van der Waals surface area contributed by atoms with E-state index < -0.39 is 20.5 Å². The topological polar surface area (TPSA) is 100 Å². The highest BCUT2D eigenvalue weighted by atomic mass is 32.2. The van der Waals surface area contributed by atoms with Crippen LogP contribution in [0.4, 0.5) is 5.69 Å². The number of piperidine rings is 1. The zero-order valence-corrected chi connectivity index (χ0v) is 20.0. The number of aryl methyl sites for hydroxylation is 1. The Kier molecular flexibility index (Phi) is 6.26. The predicted molar refractivity (Wildman–Crippen MR) is 127 cm³/mol. The van der Waals surface area contributed by atoms with Crippen LogP contribution in [0, 0.1) is 6.92 Å². The van der Waals surface area contributed by atoms with Crippen molar-refractivity contribution in [2.24, 2.45) is 9.98 Å². The van der Waals surface area contributed by atoms with Gasteiger partial charge >= 0.3 is 0 Å². The largest absolute Gasteiger partial charge is 0.369 e. The molecule has 1 aromatic rings. The maximum absolute atomic E-state index is 12.8. The lowest BCUT2D eigenvalue weighted by Gasteiger charge is -2.40. The second-order valence-corrected chi connectivity index (χ2v) is 11.7. The van der Waals surface area contributed by atoms with Crippen LogP contribution in [0.25, 0.3) is 0 Å². The van der Waals surface area contributed by atoms with Gasteiger partial charge in [0.2, 0.25) is 5.91 Å². The van der Waals surface area contributed by atoms with Gasteiger partial charge in [0.1, 0.15) is 17.2 Å². The van der Waals surface area contributed by atoms with Gasteiger partial charge in [0.25, 0.3) is 0 Å². The third-order valence-corrected chi connectivity index (χ3v) is 8.51. The van der Waals surface area contributed by atoms with Gasteiger partial charge in [-0.15, -0.1) is 0 Å². The average Bonchev–Trinajstić information content (AvgIpc) is 3.02. The van der Waals surface area contributed by atoms with Gasteiger partial charge in [-0.25, -0.2) is 13.4 Å². The van der Waals surface area contributed by atoms with Crippen molar-refractivity contribution in [2.45, 2.75) is 56.4 Å². The molecule has 3 aliphatic rings. The summed E-state index contributed by atoms with van der Waals surface area (Å²) in [4.78, 5) is 23.7. The van der Waals surface area contributed by atoms with Crippen molar-refractivity contribution >= 4 is 33.5 Å². The minimum absolute atomic E-state index is 0.122. The molecule has 0 bridgehead atoms. The van der Waals surface area contributed by atoms with Crippen molar-refractivity contribution in [2.75, 3.05) is 37.8 Å². The van der Waals surface area contributed by atoms with Crippen molar-refractivity contribution in [1.82, 2.24) is 4.90 Å². The highest BCUT2D eigenvalue weighted by molar-refractivity contribution is 7.92. The number of nitrogens with one attached hydrogen (secondary N) is 1. The van der Waals surface area contributed by atoms with Crippen LogP contribution in [-0.2, 0) is 24.8 Å². The molecule has 0 aromatic heterocycles. The van der Waals surface area contributed by atoms with E-state index in [0.29, 0.717) is 19.0 Å². The number of anilines is 1. The Balaban J connectivity index is 1.30. The van der Waals surface area contributed by atoms with Gasteiger partial charge in [0, 0.05) is 24.2 Å². The number of fused-ring (bicyclic) bond motifs is 2. The summed E-state index contributed by atoms with van der Waals surface area (Å²) in [5.74, 6) is 0.462. The fourth-order valence-electron chi connectivity index (χ4n) is 4.69. The summed E-state index contributed by atoms with van der Waals surface area (Å²) in [5.41, 5.74) is 2.85. The first-order valence-electron chi connectivity index (χ1n) is 11.2. The second kappa shape index (κ2) is 8.68. The van der Waals surface area contributed by atoms with Crippen LogP contribution >= 0.6 is 0 Å². The molecule has 8 nitrogen and oxygen atoms in total. The molecule has 0 aliphatic carbocycles. The Morgan fingerprint density at radius 2 is 2.00 bits per heavy atom. The van der Waals surface area contributed by atoms with Crippen LogP contribution in [0.1, 0.15) is 37.8 Å². The Hall–Kier alpha value is -2.10. The number of rotatable bonds is 6. The van der Waals surface area contributed by atoms with Crippen LogP contribution in [0.15, 0.2) is 28.2 Å². The summed E-state index contributed by atoms with van der Waals surface area (Å²) in [6.45, 7) is 8.36. The van der Waals surface area contributed by atoms with E-state index in [1.807, 2.05) is 12.1 Å². The molecule has 3 aliphatic heterocycles. The van der Waals surface area contributed by atoms with Crippen LogP contribution in [0.3, 0.4) is 0 Å². The van der Waals surface area contributed by atoms with Gasteiger partial charge in [-0.1, -0.05) is 17.7 Å². The van der Waals surface area contributed by atoms with Crippen molar-refractivity contribution in [3.8, 4) is 0 Å². The van der Waals surface area contributed by atoms with Gasteiger partial charge in [0.15, 0.2) is 9.84 Å². The normalized spacial score (nSPS) is 24.7. The maximum Gasteiger partial charge on any atom is 0.235 e. The van der Waals surface area contributed by atoms with E-state index in [0.717, 1.165) is 37.2 Å². The van der Waals surface area contributed by atoms with Crippen molar-refractivity contribution < 1.29 is 17.9 Å². The number of hydrogen-bond acceptors (Lipinski definition) is 7. The minimum atomic E-state index is -3.22. The Morgan fingerprint density at radius 3 is 2.62 bits per heavy atom. The lowest BCUT2D eigenvalue weighted by Crippen LogP contribution is -2.50. The van der Waals surface area contributed by atoms with Crippen LogP contribution < -0.4 is 5.32 Å². The third kappa shape index (κ3) is 4.38. The van der Waals surface area contributed by atoms with Gasteiger partial charge in [-0.3, -0.25) is 14.7 Å². The molecule has 32 heavy (non-hydrogen) atoms. The number of carbonyl (C=O) groups is 1. The molecule has 9 heteroatoms.